The minimum absolute atomic E-state index is 0.0824. The Bertz CT molecular complexity index is 635. The van der Waals surface area contributed by atoms with Gasteiger partial charge in [-0.25, -0.2) is 0 Å². The van der Waals surface area contributed by atoms with E-state index in [0.29, 0.717) is 17.2 Å². The number of aromatic nitrogens is 2. The van der Waals surface area contributed by atoms with Gasteiger partial charge in [-0.15, -0.1) is 0 Å². The molecule has 21 heavy (non-hydrogen) atoms. The molecule has 0 aliphatic carbocycles. The van der Waals surface area contributed by atoms with E-state index < -0.39 is 5.95 Å². The van der Waals surface area contributed by atoms with Gasteiger partial charge in [0.05, 0.1) is 5.27 Å². The van der Waals surface area contributed by atoms with Crippen LogP contribution in [0.4, 0.5) is 5.69 Å². The molecule has 2 rings (SSSR count). The van der Waals surface area contributed by atoms with Crippen molar-refractivity contribution in [3.8, 4) is 5.95 Å². The van der Waals surface area contributed by atoms with Crippen LogP contribution in [0.2, 0.25) is 0 Å². The molecule has 0 saturated heterocycles. The monoisotopic (exact) mass is 307 g/mol. The zero-order valence-electron chi connectivity index (χ0n) is 12.2. The molecule has 0 bridgehead atoms. The Morgan fingerprint density at radius 3 is 2.86 bits per heavy atom. The molecule has 0 saturated carbocycles. The number of carbonyl (C=O) groups is 1. The summed E-state index contributed by atoms with van der Waals surface area (Å²) < 4.78 is 5.88. The van der Waals surface area contributed by atoms with Gasteiger partial charge in [0.15, 0.2) is 13.0 Å². The van der Waals surface area contributed by atoms with Crippen LogP contribution in [-0.2, 0) is 11.8 Å². The molecule has 0 radical (unpaired) electrons. The molecule has 1 aromatic carbocycles. The van der Waals surface area contributed by atoms with Crippen molar-refractivity contribution in [3.05, 3.63) is 29.3 Å². The molecule has 0 aliphatic heterocycles. The van der Waals surface area contributed by atoms with Crippen LogP contribution in [-0.4, -0.2) is 16.9 Å². The van der Waals surface area contributed by atoms with Gasteiger partial charge in [-0.05, 0) is 25.5 Å². The number of rotatable bonds is 5. The molecule has 0 unspecified atom stereocenters. The first-order valence-electron chi connectivity index (χ1n) is 6.50. The maximum absolute atomic E-state index is 11.9. The van der Waals surface area contributed by atoms with E-state index >= 15 is 0 Å². The summed E-state index contributed by atoms with van der Waals surface area (Å²) in [6, 6.07) is 5.87. The van der Waals surface area contributed by atoms with Crippen LogP contribution in [0.25, 0.3) is 0 Å². The smallest absolute Gasteiger partial charge is 0.290 e. The predicted octanol–water partition coefficient (Wildman–Crippen LogP) is 1.31. The van der Waals surface area contributed by atoms with Crippen LogP contribution in [0, 0.1) is 13.8 Å². The van der Waals surface area contributed by atoms with Gasteiger partial charge in [-0.3, -0.25) is 4.79 Å². The lowest BCUT2D eigenvalue weighted by Gasteiger charge is -2.08. The minimum atomic E-state index is -0.475. The average molecular weight is 307 g/mol. The first kappa shape index (κ1) is 15.4. The third kappa shape index (κ3) is 3.98. The molecule has 7 heteroatoms. The molecule has 0 atom stereocenters. The van der Waals surface area contributed by atoms with Crippen molar-refractivity contribution >= 4 is 23.4 Å². The fourth-order valence-corrected chi connectivity index (χ4v) is 2.72. The van der Waals surface area contributed by atoms with E-state index in [4.69, 9.17) is 0 Å². The molecule has 1 aromatic heterocycles. The molecular formula is C14H17N3O3S. The number of nitrogens with zero attached hydrogens (tertiary/aromatic N) is 2. The summed E-state index contributed by atoms with van der Waals surface area (Å²) in [6.45, 7) is 3.97. The lowest BCUT2D eigenvalue weighted by atomic mass is 10.1. The van der Waals surface area contributed by atoms with E-state index in [-0.39, 0.29) is 5.91 Å². The summed E-state index contributed by atoms with van der Waals surface area (Å²) in [4.78, 5) is 11.9. The van der Waals surface area contributed by atoms with Gasteiger partial charge in [0, 0.05) is 17.9 Å². The van der Waals surface area contributed by atoms with Crippen LogP contribution in [0.5, 0.6) is 5.95 Å². The number of nitrogens with one attached hydrogen (secondary N) is 1. The molecule has 1 amide bonds. The van der Waals surface area contributed by atoms with Gasteiger partial charge >= 0.3 is 0 Å². The number of carbonyl (C=O) groups excluding carboxylic acids is 1. The fraction of sp³-hybridized carbons (Fsp3) is 0.357. The number of amides is 1. The number of benzene rings is 1. The fourth-order valence-electron chi connectivity index (χ4n) is 1.87. The molecule has 2 aromatic rings. The second kappa shape index (κ2) is 6.62. The minimum Gasteiger partial charge on any atom is -0.538 e. The van der Waals surface area contributed by atoms with E-state index in [1.807, 2.05) is 32.0 Å². The number of hydrogen-bond acceptors (Lipinski definition) is 5. The molecule has 0 fully saturated rings. The first-order chi connectivity index (χ1) is 9.97. The van der Waals surface area contributed by atoms with Gasteiger partial charge in [0.1, 0.15) is 0 Å². The summed E-state index contributed by atoms with van der Waals surface area (Å²) in [5.41, 5.74) is 3.00. The van der Waals surface area contributed by atoms with Crippen molar-refractivity contribution in [1.29, 1.82) is 0 Å². The van der Waals surface area contributed by atoms with E-state index in [1.165, 1.54) is 16.4 Å². The number of thioether (sulfide) groups is 1. The summed E-state index contributed by atoms with van der Waals surface area (Å²) >= 11 is 1.26. The Balaban J connectivity index is 1.85. The normalized spacial score (nSPS) is 10.6. The predicted molar refractivity (Wildman–Crippen MR) is 77.0 cm³/mol. The Morgan fingerprint density at radius 1 is 1.48 bits per heavy atom. The van der Waals surface area contributed by atoms with E-state index in [1.54, 1.807) is 7.05 Å². The van der Waals surface area contributed by atoms with Gasteiger partial charge < -0.3 is 14.9 Å². The quantitative estimate of drug-likeness (QED) is 0.665. The SMILES string of the molecule is Cc1ccc(NC(=O)CCSc2c([O-])on[n+]2C)c(C)c1. The zero-order valence-corrected chi connectivity index (χ0v) is 13.0. The van der Waals surface area contributed by atoms with Crippen LogP contribution in [0.15, 0.2) is 27.7 Å². The third-order valence-electron chi connectivity index (χ3n) is 2.94. The van der Waals surface area contributed by atoms with Gasteiger partial charge in [-0.2, -0.15) is 0 Å². The second-order valence-electron chi connectivity index (χ2n) is 4.75. The molecule has 1 heterocycles. The zero-order chi connectivity index (χ0) is 15.4. The molecule has 112 valence electrons. The van der Waals surface area contributed by atoms with Crippen molar-refractivity contribution in [3.63, 3.8) is 0 Å². The summed E-state index contributed by atoms with van der Waals surface area (Å²) in [7, 11) is 1.63. The van der Waals surface area contributed by atoms with Crippen molar-refractivity contribution < 1.29 is 19.1 Å². The second-order valence-corrected chi connectivity index (χ2v) is 5.84. The highest BCUT2D eigenvalue weighted by Crippen LogP contribution is 2.22. The Hall–Kier alpha value is -2.02. The van der Waals surface area contributed by atoms with Crippen LogP contribution in [0.3, 0.4) is 0 Å². The molecule has 6 nitrogen and oxygen atoms in total. The first-order valence-corrected chi connectivity index (χ1v) is 7.49. The highest BCUT2D eigenvalue weighted by Gasteiger charge is 2.14. The maximum Gasteiger partial charge on any atom is 0.290 e. The van der Waals surface area contributed by atoms with Crippen molar-refractivity contribution in [2.24, 2.45) is 7.05 Å². The molecule has 0 spiro atoms. The lowest BCUT2D eigenvalue weighted by Crippen LogP contribution is -2.32. The van der Waals surface area contributed by atoms with E-state index in [9.17, 15) is 9.90 Å². The number of anilines is 1. The van der Waals surface area contributed by atoms with E-state index in [2.05, 4.69) is 15.1 Å². The standard InChI is InChI=1S/C14H17N3O3S/c1-9-4-5-11(10(2)8-9)15-12(18)6-7-21-13-14(19)20-16-17(13)3/h4-5,8H,6-7H2,1-3H3,(H-,15,16,18,19). The van der Waals surface area contributed by atoms with Crippen LogP contribution < -0.4 is 15.1 Å². The Morgan fingerprint density at radius 2 is 2.24 bits per heavy atom. The summed E-state index contributed by atoms with van der Waals surface area (Å²) in [5.74, 6) is -0.0700. The van der Waals surface area contributed by atoms with Crippen molar-refractivity contribution in [2.45, 2.75) is 25.3 Å². The molecule has 0 aliphatic rings. The van der Waals surface area contributed by atoms with Crippen LogP contribution >= 0.6 is 11.8 Å². The van der Waals surface area contributed by atoms with Crippen molar-refractivity contribution in [1.82, 2.24) is 5.27 Å². The van der Waals surface area contributed by atoms with Crippen LogP contribution in [0.1, 0.15) is 17.5 Å². The average Bonchev–Trinajstić information content (AvgIpc) is 2.74. The highest BCUT2D eigenvalue weighted by molar-refractivity contribution is 7.99. The molecule has 1 N–H and O–H groups in total. The van der Waals surface area contributed by atoms with Crippen molar-refractivity contribution in [2.75, 3.05) is 11.1 Å². The Labute approximate surface area is 127 Å². The van der Waals surface area contributed by atoms with Gasteiger partial charge in [0.2, 0.25) is 5.91 Å². The van der Waals surface area contributed by atoms with Gasteiger partial charge in [0.25, 0.3) is 5.03 Å². The molecular weight excluding hydrogens is 290 g/mol. The topological polar surface area (TPSA) is 82.1 Å². The third-order valence-corrected chi connectivity index (χ3v) is 4.05. The highest BCUT2D eigenvalue weighted by atomic mass is 32.2. The summed E-state index contributed by atoms with van der Waals surface area (Å²) in [6.07, 6.45) is 0.308. The van der Waals surface area contributed by atoms with E-state index in [0.717, 1.165) is 16.8 Å². The Kier molecular flexibility index (Phi) is 4.85. The number of aryl methyl sites for hydroxylation is 3. The van der Waals surface area contributed by atoms with Gasteiger partial charge in [-0.1, -0.05) is 34.1 Å². The maximum atomic E-state index is 11.9. The largest absolute Gasteiger partial charge is 0.538 e. The lowest BCUT2D eigenvalue weighted by molar-refractivity contribution is -0.772. The summed E-state index contributed by atoms with van der Waals surface area (Å²) in [5, 5.41) is 18.1. The number of hydrogen-bond donors (Lipinski definition) is 1.